The number of thioether (sulfide) groups is 1. The van der Waals surface area contributed by atoms with Crippen molar-refractivity contribution < 1.29 is 14.7 Å². The number of aliphatic carboxylic acids is 1. The highest BCUT2D eigenvalue weighted by Gasteiger charge is 2.51. The van der Waals surface area contributed by atoms with Gasteiger partial charge in [0.15, 0.2) is 0 Å². The first-order valence-corrected chi connectivity index (χ1v) is 7.29. The van der Waals surface area contributed by atoms with E-state index in [1.807, 2.05) is 6.92 Å². The fourth-order valence-electron chi connectivity index (χ4n) is 3.29. The third-order valence-electron chi connectivity index (χ3n) is 4.36. The van der Waals surface area contributed by atoms with Crippen molar-refractivity contribution in [1.82, 2.24) is 4.90 Å². The van der Waals surface area contributed by atoms with Crippen LogP contribution >= 0.6 is 11.8 Å². The van der Waals surface area contributed by atoms with Gasteiger partial charge in [-0.25, -0.2) is 4.79 Å². The highest BCUT2D eigenvalue weighted by molar-refractivity contribution is 8.00. The average Bonchev–Trinajstić information content (AvgIpc) is 2.74. The molecule has 3 fully saturated rings. The Morgan fingerprint density at radius 2 is 1.88 bits per heavy atom. The Kier molecular flexibility index (Phi) is 2.61. The molecule has 3 rings (SSSR count). The van der Waals surface area contributed by atoms with Crippen molar-refractivity contribution in [3.8, 4) is 0 Å². The maximum atomic E-state index is 12.4. The number of carbonyl (C=O) groups excluding carboxylic acids is 1. The summed E-state index contributed by atoms with van der Waals surface area (Å²) in [6.45, 7) is 1.93. The van der Waals surface area contributed by atoms with E-state index in [1.165, 1.54) is 6.42 Å². The van der Waals surface area contributed by atoms with Crippen LogP contribution < -0.4 is 0 Å². The first-order valence-electron chi connectivity index (χ1n) is 6.24. The summed E-state index contributed by atoms with van der Waals surface area (Å²) in [6, 6.07) is -0.612. The van der Waals surface area contributed by atoms with Crippen molar-refractivity contribution in [2.75, 3.05) is 5.75 Å². The molecular formula is C12H17NO3S. The minimum absolute atomic E-state index is 0.0144. The molecule has 0 bridgehead atoms. The van der Waals surface area contributed by atoms with Crippen molar-refractivity contribution in [2.24, 2.45) is 17.8 Å². The van der Waals surface area contributed by atoms with Gasteiger partial charge in [-0.1, -0.05) is 0 Å². The summed E-state index contributed by atoms with van der Waals surface area (Å²) < 4.78 is 0. The van der Waals surface area contributed by atoms with Crippen LogP contribution in [0.4, 0.5) is 0 Å². The molecule has 4 atom stereocenters. The molecule has 1 aliphatic heterocycles. The first-order chi connectivity index (χ1) is 8.08. The number of amides is 1. The number of hydrogen-bond acceptors (Lipinski definition) is 3. The molecular weight excluding hydrogens is 238 g/mol. The lowest BCUT2D eigenvalue weighted by Gasteiger charge is -2.28. The zero-order valence-electron chi connectivity index (χ0n) is 9.83. The number of rotatable bonds is 2. The molecule has 1 amide bonds. The molecule has 2 saturated carbocycles. The molecule has 1 N–H and O–H groups in total. The van der Waals surface area contributed by atoms with Gasteiger partial charge in [-0.3, -0.25) is 4.79 Å². The maximum absolute atomic E-state index is 12.4. The molecule has 5 heteroatoms. The van der Waals surface area contributed by atoms with Crippen LogP contribution in [0.3, 0.4) is 0 Å². The second-order valence-electron chi connectivity index (χ2n) is 5.46. The summed E-state index contributed by atoms with van der Waals surface area (Å²) in [5, 5.41) is 9.16. The normalized spacial score (nSPS) is 43.6. The second-order valence-corrected chi connectivity index (χ2v) is 6.81. The predicted octanol–water partition coefficient (Wildman–Crippen LogP) is 1.41. The Morgan fingerprint density at radius 1 is 1.24 bits per heavy atom. The van der Waals surface area contributed by atoms with Gasteiger partial charge in [-0.2, -0.15) is 0 Å². The van der Waals surface area contributed by atoms with Crippen molar-refractivity contribution >= 4 is 23.6 Å². The molecule has 0 aromatic carbocycles. The van der Waals surface area contributed by atoms with Crippen LogP contribution in [0.1, 0.15) is 26.2 Å². The van der Waals surface area contributed by atoms with Crippen LogP contribution in [0.2, 0.25) is 0 Å². The zero-order chi connectivity index (χ0) is 12.2. The van der Waals surface area contributed by atoms with E-state index in [9.17, 15) is 9.59 Å². The van der Waals surface area contributed by atoms with Crippen LogP contribution in [0.25, 0.3) is 0 Å². The number of fused-ring (bicyclic) bond motifs is 1. The molecule has 3 aliphatic rings. The number of hydrogen-bond donors (Lipinski definition) is 1. The molecule has 4 nitrogen and oxygen atoms in total. The van der Waals surface area contributed by atoms with Crippen molar-refractivity contribution in [1.29, 1.82) is 0 Å². The molecule has 0 radical (unpaired) electrons. The third-order valence-corrected chi connectivity index (χ3v) is 5.57. The van der Waals surface area contributed by atoms with Gasteiger partial charge in [0.2, 0.25) is 5.91 Å². The summed E-state index contributed by atoms with van der Waals surface area (Å²) in [5.41, 5.74) is 0. The Hall–Kier alpha value is -0.710. The van der Waals surface area contributed by atoms with Gasteiger partial charge in [0.05, 0.1) is 5.37 Å². The number of carboxylic acid groups (broad SMARTS) is 1. The largest absolute Gasteiger partial charge is 0.480 e. The van der Waals surface area contributed by atoms with Gasteiger partial charge in [-0.05, 0) is 38.0 Å². The predicted molar refractivity (Wildman–Crippen MR) is 64.5 cm³/mol. The van der Waals surface area contributed by atoms with Crippen molar-refractivity contribution in [3.05, 3.63) is 0 Å². The lowest BCUT2D eigenvalue weighted by atomic mass is 10.0. The standard InChI is InChI=1S/C12H17NO3S/c1-6-13(10(5-17-6)12(15)16)11(14)9-3-7-2-8(7)4-9/h6-10H,2-5H2,1H3,(H,15,16). The topological polar surface area (TPSA) is 57.6 Å². The fourth-order valence-corrected chi connectivity index (χ4v) is 4.47. The second kappa shape index (κ2) is 3.90. The highest BCUT2D eigenvalue weighted by atomic mass is 32.2. The van der Waals surface area contributed by atoms with E-state index in [4.69, 9.17) is 5.11 Å². The Bertz CT molecular complexity index is 363. The van der Waals surface area contributed by atoms with Crippen LogP contribution in [0.5, 0.6) is 0 Å². The van der Waals surface area contributed by atoms with E-state index in [1.54, 1.807) is 16.7 Å². The smallest absolute Gasteiger partial charge is 0.327 e. The summed E-state index contributed by atoms with van der Waals surface area (Å²) in [6.07, 6.45) is 3.27. The quantitative estimate of drug-likeness (QED) is 0.810. The minimum Gasteiger partial charge on any atom is -0.480 e. The van der Waals surface area contributed by atoms with E-state index in [2.05, 4.69) is 0 Å². The van der Waals surface area contributed by atoms with E-state index in [0.29, 0.717) is 5.75 Å². The van der Waals surface area contributed by atoms with Gasteiger partial charge < -0.3 is 10.0 Å². The van der Waals surface area contributed by atoms with Gasteiger partial charge in [-0.15, -0.1) is 11.8 Å². The van der Waals surface area contributed by atoms with Crippen LogP contribution in [0.15, 0.2) is 0 Å². The van der Waals surface area contributed by atoms with Crippen molar-refractivity contribution in [2.45, 2.75) is 37.6 Å². The van der Waals surface area contributed by atoms with Crippen LogP contribution in [-0.4, -0.2) is 39.1 Å². The Labute approximate surface area is 105 Å². The molecule has 1 heterocycles. The SMILES string of the molecule is CC1SCC(C(=O)O)N1C(=O)C1CC2CC2C1. The maximum Gasteiger partial charge on any atom is 0.327 e. The summed E-state index contributed by atoms with van der Waals surface area (Å²) in [7, 11) is 0. The van der Waals surface area contributed by atoms with Gasteiger partial charge in [0, 0.05) is 11.7 Å². The van der Waals surface area contributed by atoms with Gasteiger partial charge >= 0.3 is 5.97 Å². The lowest BCUT2D eigenvalue weighted by molar-refractivity contribution is -0.150. The molecule has 4 unspecified atom stereocenters. The average molecular weight is 255 g/mol. The van der Waals surface area contributed by atoms with E-state index in [-0.39, 0.29) is 17.2 Å². The Morgan fingerprint density at radius 3 is 2.47 bits per heavy atom. The zero-order valence-corrected chi connectivity index (χ0v) is 10.7. The number of carboxylic acids is 1. The summed E-state index contributed by atoms with van der Waals surface area (Å²) >= 11 is 1.57. The molecule has 2 aliphatic carbocycles. The summed E-state index contributed by atoms with van der Waals surface area (Å²) in [4.78, 5) is 25.1. The van der Waals surface area contributed by atoms with E-state index in [0.717, 1.165) is 24.7 Å². The van der Waals surface area contributed by atoms with E-state index < -0.39 is 12.0 Å². The van der Waals surface area contributed by atoms with Gasteiger partial charge in [0.25, 0.3) is 0 Å². The third kappa shape index (κ3) is 1.84. The van der Waals surface area contributed by atoms with Gasteiger partial charge in [0.1, 0.15) is 6.04 Å². The lowest BCUT2D eigenvalue weighted by Crippen LogP contribution is -2.47. The summed E-state index contributed by atoms with van der Waals surface area (Å²) in [5.74, 6) is 1.37. The number of carbonyl (C=O) groups is 2. The molecule has 17 heavy (non-hydrogen) atoms. The molecule has 0 aromatic heterocycles. The highest BCUT2D eigenvalue weighted by Crippen LogP contribution is 2.55. The van der Waals surface area contributed by atoms with Crippen LogP contribution in [0, 0.1) is 17.8 Å². The molecule has 0 aromatic rings. The minimum atomic E-state index is -0.863. The number of nitrogens with zero attached hydrogens (tertiary/aromatic N) is 1. The monoisotopic (exact) mass is 255 g/mol. The first kappa shape index (κ1) is 11.4. The Balaban J connectivity index is 1.72. The fraction of sp³-hybridized carbons (Fsp3) is 0.833. The molecule has 94 valence electrons. The van der Waals surface area contributed by atoms with E-state index >= 15 is 0 Å². The molecule has 1 saturated heterocycles. The van der Waals surface area contributed by atoms with Crippen molar-refractivity contribution in [3.63, 3.8) is 0 Å². The molecule has 0 spiro atoms. The van der Waals surface area contributed by atoms with Crippen LogP contribution in [-0.2, 0) is 9.59 Å².